The van der Waals surface area contributed by atoms with Crippen LogP contribution >= 0.6 is 57.4 Å². The van der Waals surface area contributed by atoms with E-state index in [0.29, 0.717) is 15.1 Å². The lowest BCUT2D eigenvalue weighted by Crippen LogP contribution is -1.87. The molecule has 1 heterocycles. The molecule has 16 heavy (non-hydrogen) atoms. The third kappa shape index (κ3) is 2.45. The Kier molecular flexibility index (Phi) is 3.95. The minimum atomic E-state index is 0.526. The number of hydrogen-bond acceptors (Lipinski definition) is 1. The second kappa shape index (κ2) is 5.08. The monoisotopic (exact) mass is 383 g/mol. The summed E-state index contributed by atoms with van der Waals surface area (Å²) in [4.78, 5) is 4.07. The summed E-state index contributed by atoms with van der Waals surface area (Å²) in [6.07, 6.45) is 3.46. The largest absolute Gasteiger partial charge is 0.264 e. The van der Waals surface area contributed by atoms with Gasteiger partial charge in [0.25, 0.3) is 0 Å². The molecule has 0 atom stereocenters. The molecule has 1 nitrogen and oxygen atoms in total. The molecule has 0 fully saturated rings. The number of aromatic nitrogens is 1. The number of halogens is 4. The van der Waals surface area contributed by atoms with Crippen LogP contribution in [-0.4, -0.2) is 4.98 Å². The fraction of sp³-hybridized carbons (Fsp3) is 0. The van der Waals surface area contributed by atoms with Crippen molar-refractivity contribution < 1.29 is 0 Å². The first-order valence-corrected chi connectivity index (χ1v) is 6.55. The van der Waals surface area contributed by atoms with Crippen molar-refractivity contribution in [2.24, 2.45) is 0 Å². The predicted octanol–water partition coefficient (Wildman–Crippen LogP) is 5.31. The average molecular weight is 384 g/mol. The van der Waals surface area contributed by atoms with Gasteiger partial charge in [-0.2, -0.15) is 0 Å². The lowest BCUT2D eigenvalue weighted by Gasteiger charge is -2.09. The summed E-state index contributed by atoms with van der Waals surface area (Å²) in [5.74, 6) is 0. The zero-order chi connectivity index (χ0) is 11.7. The Balaban J connectivity index is 2.70. The molecule has 0 saturated heterocycles. The van der Waals surface area contributed by atoms with Gasteiger partial charge in [-0.3, -0.25) is 4.98 Å². The number of nitrogens with zero attached hydrogens (tertiary/aromatic N) is 1. The highest BCUT2D eigenvalue weighted by Crippen LogP contribution is 2.38. The van der Waals surface area contributed by atoms with Gasteiger partial charge in [-0.25, -0.2) is 0 Å². The van der Waals surface area contributed by atoms with E-state index in [4.69, 9.17) is 34.8 Å². The summed E-state index contributed by atoms with van der Waals surface area (Å²) < 4.78 is 1.04. The zero-order valence-corrected chi connectivity index (χ0v) is 12.3. The second-order valence-corrected chi connectivity index (χ2v) is 5.51. The molecule has 1 aromatic heterocycles. The zero-order valence-electron chi connectivity index (χ0n) is 7.85. The van der Waals surface area contributed by atoms with Gasteiger partial charge in [-0.15, -0.1) is 0 Å². The molecular formula is C11H5Cl3IN. The Morgan fingerprint density at radius 2 is 1.69 bits per heavy atom. The van der Waals surface area contributed by atoms with Gasteiger partial charge in [-0.1, -0.05) is 34.8 Å². The molecule has 0 N–H and O–H groups in total. The Hall–Kier alpha value is -0.0300. The maximum absolute atomic E-state index is 6.14. The Morgan fingerprint density at radius 1 is 1.06 bits per heavy atom. The Labute approximate surface area is 122 Å². The van der Waals surface area contributed by atoms with E-state index >= 15 is 0 Å². The first-order chi connectivity index (χ1) is 7.59. The molecule has 0 amide bonds. The lowest BCUT2D eigenvalue weighted by molar-refractivity contribution is 1.31. The molecule has 0 spiro atoms. The normalized spacial score (nSPS) is 10.5. The van der Waals surface area contributed by atoms with Crippen molar-refractivity contribution in [3.63, 3.8) is 0 Å². The van der Waals surface area contributed by atoms with Crippen LogP contribution in [0.25, 0.3) is 11.1 Å². The fourth-order valence-electron chi connectivity index (χ4n) is 1.36. The number of benzene rings is 1. The molecule has 2 rings (SSSR count). The Morgan fingerprint density at radius 3 is 2.25 bits per heavy atom. The van der Waals surface area contributed by atoms with Gasteiger partial charge in [0.1, 0.15) is 0 Å². The van der Waals surface area contributed by atoms with E-state index < -0.39 is 0 Å². The lowest BCUT2D eigenvalue weighted by atomic mass is 10.1. The average Bonchev–Trinajstić information content (AvgIpc) is 2.19. The van der Waals surface area contributed by atoms with E-state index in [1.807, 2.05) is 6.07 Å². The van der Waals surface area contributed by atoms with Crippen LogP contribution in [-0.2, 0) is 0 Å². The van der Waals surface area contributed by atoms with Crippen molar-refractivity contribution in [3.05, 3.63) is 49.2 Å². The highest BCUT2D eigenvalue weighted by atomic mass is 127. The van der Waals surface area contributed by atoms with Crippen molar-refractivity contribution in [1.82, 2.24) is 4.98 Å². The SMILES string of the molecule is Clc1cc(Cl)c(-c2cnccc2I)c(Cl)c1. The van der Waals surface area contributed by atoms with Crippen LogP contribution in [0, 0.1) is 3.57 Å². The quantitative estimate of drug-likeness (QED) is 0.607. The topological polar surface area (TPSA) is 12.9 Å². The third-order valence-corrected chi connectivity index (χ3v) is 3.80. The van der Waals surface area contributed by atoms with E-state index in [1.165, 1.54) is 0 Å². The maximum Gasteiger partial charge on any atom is 0.0515 e. The van der Waals surface area contributed by atoms with Crippen molar-refractivity contribution in [3.8, 4) is 11.1 Å². The maximum atomic E-state index is 6.14. The van der Waals surface area contributed by atoms with Crippen molar-refractivity contribution in [2.45, 2.75) is 0 Å². The number of rotatable bonds is 1. The van der Waals surface area contributed by atoms with Gasteiger partial charge < -0.3 is 0 Å². The number of pyridine rings is 1. The molecule has 0 aliphatic carbocycles. The summed E-state index contributed by atoms with van der Waals surface area (Å²) in [5, 5.41) is 1.59. The minimum Gasteiger partial charge on any atom is -0.264 e. The van der Waals surface area contributed by atoms with Gasteiger partial charge in [0.2, 0.25) is 0 Å². The molecule has 0 aliphatic heterocycles. The molecule has 0 radical (unpaired) electrons. The van der Waals surface area contributed by atoms with E-state index in [-0.39, 0.29) is 0 Å². The van der Waals surface area contributed by atoms with Crippen LogP contribution in [0.3, 0.4) is 0 Å². The molecule has 82 valence electrons. The van der Waals surface area contributed by atoms with Gasteiger partial charge in [0, 0.05) is 32.1 Å². The van der Waals surface area contributed by atoms with Gasteiger partial charge >= 0.3 is 0 Å². The molecule has 0 saturated carbocycles. The third-order valence-electron chi connectivity index (χ3n) is 2.04. The van der Waals surface area contributed by atoms with Crippen LogP contribution in [0.1, 0.15) is 0 Å². The Bertz CT molecular complexity index is 519. The van der Waals surface area contributed by atoms with E-state index in [0.717, 1.165) is 14.7 Å². The molecular weight excluding hydrogens is 379 g/mol. The molecule has 0 bridgehead atoms. The van der Waals surface area contributed by atoms with Crippen molar-refractivity contribution >= 4 is 57.4 Å². The summed E-state index contributed by atoms with van der Waals surface area (Å²) >= 11 is 20.4. The van der Waals surface area contributed by atoms with Crippen LogP contribution < -0.4 is 0 Å². The van der Waals surface area contributed by atoms with Crippen LogP contribution in [0.4, 0.5) is 0 Å². The molecule has 1 aromatic carbocycles. The summed E-state index contributed by atoms with van der Waals surface area (Å²) in [7, 11) is 0. The summed E-state index contributed by atoms with van der Waals surface area (Å²) in [6.45, 7) is 0. The van der Waals surface area contributed by atoms with E-state index in [1.54, 1.807) is 24.5 Å². The smallest absolute Gasteiger partial charge is 0.0515 e. The highest BCUT2D eigenvalue weighted by molar-refractivity contribution is 14.1. The summed E-state index contributed by atoms with van der Waals surface area (Å²) in [6, 6.07) is 5.25. The van der Waals surface area contributed by atoms with Crippen LogP contribution in [0.5, 0.6) is 0 Å². The molecule has 0 aliphatic rings. The van der Waals surface area contributed by atoms with Crippen molar-refractivity contribution in [1.29, 1.82) is 0 Å². The second-order valence-electron chi connectivity index (χ2n) is 3.10. The van der Waals surface area contributed by atoms with Crippen LogP contribution in [0.2, 0.25) is 15.1 Å². The highest BCUT2D eigenvalue weighted by Gasteiger charge is 2.12. The van der Waals surface area contributed by atoms with E-state index in [9.17, 15) is 0 Å². The predicted molar refractivity (Wildman–Crippen MR) is 77.4 cm³/mol. The first-order valence-electron chi connectivity index (χ1n) is 4.34. The standard InChI is InChI=1S/C11H5Cl3IN/c12-6-3-8(13)11(9(14)4-6)7-5-16-2-1-10(7)15/h1-5H. The molecule has 2 aromatic rings. The molecule has 0 unspecified atom stereocenters. The number of hydrogen-bond donors (Lipinski definition) is 0. The van der Waals surface area contributed by atoms with Crippen molar-refractivity contribution in [2.75, 3.05) is 0 Å². The van der Waals surface area contributed by atoms with Gasteiger partial charge in [0.15, 0.2) is 0 Å². The van der Waals surface area contributed by atoms with Gasteiger partial charge in [0.05, 0.1) is 10.0 Å². The fourth-order valence-corrected chi connectivity index (χ4v) is 2.95. The first kappa shape index (κ1) is 12.4. The van der Waals surface area contributed by atoms with Crippen LogP contribution in [0.15, 0.2) is 30.6 Å². The molecule has 5 heteroatoms. The minimum absolute atomic E-state index is 0.526. The summed E-state index contributed by atoms with van der Waals surface area (Å²) in [5.41, 5.74) is 1.68. The van der Waals surface area contributed by atoms with E-state index in [2.05, 4.69) is 27.6 Å². The van der Waals surface area contributed by atoms with Gasteiger partial charge in [-0.05, 0) is 40.8 Å².